The fraction of sp³-hybridized carbons (Fsp3) is 0.722. The Kier molecular flexibility index (Phi) is 27.0. The van der Waals surface area contributed by atoms with Crippen molar-refractivity contribution in [1.29, 1.82) is 0 Å². The summed E-state index contributed by atoms with van der Waals surface area (Å²) < 4.78 is 9.51. The van der Waals surface area contributed by atoms with E-state index in [4.69, 9.17) is 19.7 Å². The van der Waals surface area contributed by atoms with Crippen LogP contribution in [0.1, 0.15) is 155 Å². The highest BCUT2D eigenvalue weighted by Crippen LogP contribution is 2.15. The number of ether oxygens (including phenoxy) is 2. The van der Waals surface area contributed by atoms with Crippen LogP contribution in [-0.4, -0.2) is 46.0 Å². The molecule has 0 heterocycles. The molecule has 10 nitrogen and oxygen atoms in total. The Morgan fingerprint density at radius 2 is 0.804 bits per heavy atom. The lowest BCUT2D eigenvalue weighted by Crippen LogP contribution is -2.24. The first kappa shape index (κ1) is 42.7. The zero-order chi connectivity index (χ0) is 34.4. The third-order valence-corrected chi connectivity index (χ3v) is 7.54. The Labute approximate surface area is 275 Å². The van der Waals surface area contributed by atoms with Gasteiger partial charge in [-0.2, -0.15) is 0 Å². The molecule has 0 aromatic heterocycles. The summed E-state index contributed by atoms with van der Waals surface area (Å²) in [4.78, 5) is 71.7. The van der Waals surface area contributed by atoms with Crippen LogP contribution in [0.3, 0.4) is 0 Å². The first-order valence-corrected chi connectivity index (χ1v) is 17.4. The predicted octanol–water partition coefficient (Wildman–Crippen LogP) is 8.26. The predicted molar refractivity (Wildman–Crippen MR) is 176 cm³/mol. The molecule has 0 aliphatic carbocycles. The summed E-state index contributed by atoms with van der Waals surface area (Å²) in [7, 11) is 0. The van der Waals surface area contributed by atoms with Gasteiger partial charge < -0.3 is 19.7 Å². The summed E-state index contributed by atoms with van der Waals surface area (Å²) in [6.45, 7) is 4.35. The van der Waals surface area contributed by atoms with E-state index in [0.29, 0.717) is 12.8 Å². The molecule has 2 unspecified atom stereocenters. The van der Waals surface area contributed by atoms with Crippen molar-refractivity contribution in [3.8, 4) is 0 Å². The third kappa shape index (κ3) is 26.0. The summed E-state index contributed by atoms with van der Waals surface area (Å²) in [5.41, 5.74) is 0. The molecule has 0 aliphatic rings. The van der Waals surface area contributed by atoms with Gasteiger partial charge in [0, 0.05) is 0 Å². The van der Waals surface area contributed by atoms with E-state index in [-0.39, 0.29) is 0 Å². The first-order valence-electron chi connectivity index (χ1n) is 17.4. The molecule has 0 aromatic rings. The van der Waals surface area contributed by atoms with E-state index in [2.05, 4.69) is 13.8 Å². The number of allylic oxidation sites excluding steroid dienone is 2. The average molecular weight is 651 g/mol. The van der Waals surface area contributed by atoms with Crippen LogP contribution < -0.4 is 0 Å². The van der Waals surface area contributed by atoms with Gasteiger partial charge in [0.15, 0.2) is 0 Å². The lowest BCUT2D eigenvalue weighted by molar-refractivity contribution is -0.167. The van der Waals surface area contributed by atoms with E-state index in [1.54, 1.807) is 12.2 Å². The smallest absolute Gasteiger partial charge is 0.321 e. The summed E-state index contributed by atoms with van der Waals surface area (Å²) in [5, 5.41) is 18.3. The molecular weight excluding hydrogens is 592 g/mol. The van der Waals surface area contributed by atoms with E-state index in [1.165, 1.54) is 76.4 Å². The highest BCUT2D eigenvalue weighted by atomic mass is 16.6. The highest BCUT2D eigenvalue weighted by molar-refractivity contribution is 5.93. The number of esters is 4. The lowest BCUT2D eigenvalue weighted by Gasteiger charge is -2.10. The van der Waals surface area contributed by atoms with E-state index >= 15 is 0 Å². The molecule has 0 rings (SSSR count). The number of carbonyl (C=O) groups is 6. The van der Waals surface area contributed by atoms with E-state index in [9.17, 15) is 28.8 Å². The number of carbonyl (C=O) groups excluding carboxylic acids is 4. The van der Waals surface area contributed by atoms with Gasteiger partial charge in [-0.15, -0.1) is 0 Å². The van der Waals surface area contributed by atoms with E-state index in [0.717, 1.165) is 38.5 Å². The maximum Gasteiger partial charge on any atom is 0.321 e. The number of hydrogen-bond acceptors (Lipinski definition) is 8. The molecule has 262 valence electrons. The molecule has 0 bridgehead atoms. The molecule has 0 amide bonds. The summed E-state index contributed by atoms with van der Waals surface area (Å²) >= 11 is 0. The Balaban J connectivity index is 4.59. The summed E-state index contributed by atoms with van der Waals surface area (Å²) in [6.07, 6.45) is 23.8. The van der Waals surface area contributed by atoms with Gasteiger partial charge in [0.05, 0.1) is 37.5 Å². The highest BCUT2D eigenvalue weighted by Gasteiger charge is 2.26. The van der Waals surface area contributed by atoms with Crippen LogP contribution in [0.4, 0.5) is 0 Å². The standard InChI is InChI=1S/C36H58O10/c1-3-5-7-9-11-13-15-17-19-21-23-29(27-31(37)38)35(43)45-33(41)25-26-34(42)46-36(44)30(28-32(39)40)24-22-20-18-16-14-12-10-8-6-4-2/h21-24,29-30H,3-20,25-28H2,1-2H3,(H,37,38)(H,39,40). The molecule has 2 atom stereocenters. The number of carboxylic acids is 2. The fourth-order valence-electron chi connectivity index (χ4n) is 4.83. The summed E-state index contributed by atoms with van der Waals surface area (Å²) in [6, 6.07) is 0. The monoisotopic (exact) mass is 650 g/mol. The van der Waals surface area contributed by atoms with Crippen molar-refractivity contribution in [3.05, 3.63) is 24.3 Å². The van der Waals surface area contributed by atoms with E-state index < -0.39 is 73.3 Å². The largest absolute Gasteiger partial charge is 0.481 e. The van der Waals surface area contributed by atoms with Crippen LogP contribution in [-0.2, 0) is 38.2 Å². The zero-order valence-electron chi connectivity index (χ0n) is 28.2. The third-order valence-electron chi connectivity index (χ3n) is 7.54. The minimum atomic E-state index is -1.23. The van der Waals surface area contributed by atoms with Crippen LogP contribution in [0.15, 0.2) is 24.3 Å². The second-order valence-corrected chi connectivity index (χ2v) is 11.9. The van der Waals surface area contributed by atoms with Gasteiger partial charge in [0.1, 0.15) is 0 Å². The molecule has 0 saturated heterocycles. The second kappa shape index (κ2) is 29.1. The Morgan fingerprint density at radius 3 is 1.11 bits per heavy atom. The molecule has 2 N–H and O–H groups in total. The Bertz CT molecular complexity index is 876. The van der Waals surface area contributed by atoms with Crippen LogP contribution >= 0.6 is 0 Å². The van der Waals surface area contributed by atoms with Gasteiger partial charge in [-0.05, 0) is 25.7 Å². The minimum Gasteiger partial charge on any atom is -0.481 e. The molecule has 0 spiro atoms. The van der Waals surface area contributed by atoms with Crippen molar-refractivity contribution < 1.29 is 48.5 Å². The van der Waals surface area contributed by atoms with Gasteiger partial charge in [-0.25, -0.2) is 0 Å². The number of hydrogen-bond donors (Lipinski definition) is 2. The Morgan fingerprint density at radius 1 is 0.500 bits per heavy atom. The zero-order valence-corrected chi connectivity index (χ0v) is 28.2. The van der Waals surface area contributed by atoms with Crippen molar-refractivity contribution in [2.24, 2.45) is 11.8 Å². The maximum atomic E-state index is 12.4. The van der Waals surface area contributed by atoms with Crippen LogP contribution in [0, 0.1) is 11.8 Å². The molecular formula is C36H58O10. The molecule has 46 heavy (non-hydrogen) atoms. The van der Waals surface area contributed by atoms with Crippen molar-refractivity contribution in [2.45, 2.75) is 155 Å². The average Bonchev–Trinajstić information content (AvgIpc) is 3.00. The van der Waals surface area contributed by atoms with Gasteiger partial charge in [-0.3, -0.25) is 28.8 Å². The van der Waals surface area contributed by atoms with Crippen molar-refractivity contribution in [2.75, 3.05) is 0 Å². The number of carboxylic acid groups (broad SMARTS) is 2. The maximum absolute atomic E-state index is 12.4. The SMILES string of the molecule is CCCCCCCCCCC=CC(CC(=O)O)C(=O)OC(=O)CCC(=O)OC(=O)C(C=CCCCCCCCCCC)CC(=O)O. The molecule has 10 heteroatoms. The van der Waals surface area contributed by atoms with Crippen LogP contribution in [0.5, 0.6) is 0 Å². The Hall–Kier alpha value is -3.30. The molecule has 0 radical (unpaired) electrons. The second-order valence-electron chi connectivity index (χ2n) is 11.9. The number of rotatable bonds is 29. The quantitative estimate of drug-likeness (QED) is 0.0349. The summed E-state index contributed by atoms with van der Waals surface area (Å²) in [5.74, 6) is -8.95. The van der Waals surface area contributed by atoms with Gasteiger partial charge >= 0.3 is 35.8 Å². The molecule has 0 saturated carbocycles. The first-order chi connectivity index (χ1) is 22.1. The fourth-order valence-corrected chi connectivity index (χ4v) is 4.83. The molecule has 0 aromatic carbocycles. The van der Waals surface area contributed by atoms with Crippen LogP contribution in [0.25, 0.3) is 0 Å². The van der Waals surface area contributed by atoms with Gasteiger partial charge in [-0.1, -0.05) is 128 Å². The van der Waals surface area contributed by atoms with E-state index in [1.807, 2.05) is 0 Å². The van der Waals surface area contributed by atoms with Crippen LogP contribution in [0.2, 0.25) is 0 Å². The molecule has 0 aliphatic heterocycles. The van der Waals surface area contributed by atoms with Crippen molar-refractivity contribution >= 4 is 35.8 Å². The van der Waals surface area contributed by atoms with Crippen molar-refractivity contribution in [1.82, 2.24) is 0 Å². The number of aliphatic carboxylic acids is 2. The minimum absolute atomic E-state index is 0.548. The van der Waals surface area contributed by atoms with Gasteiger partial charge in [0.25, 0.3) is 0 Å². The van der Waals surface area contributed by atoms with Gasteiger partial charge in [0.2, 0.25) is 0 Å². The normalized spacial score (nSPS) is 12.7. The number of unbranched alkanes of at least 4 members (excludes halogenated alkanes) is 16. The lowest BCUT2D eigenvalue weighted by atomic mass is 10.0. The van der Waals surface area contributed by atoms with Crippen molar-refractivity contribution in [3.63, 3.8) is 0 Å². The topological polar surface area (TPSA) is 161 Å². The molecule has 0 fully saturated rings.